The third kappa shape index (κ3) is 4.52. The number of aromatic nitrogens is 2. The highest BCUT2D eigenvalue weighted by Gasteiger charge is 2.37. The minimum atomic E-state index is -0.519. The normalized spacial score (nSPS) is 16.5. The van der Waals surface area contributed by atoms with E-state index in [0.717, 1.165) is 22.5 Å². The van der Waals surface area contributed by atoms with E-state index in [9.17, 15) is 9.59 Å². The quantitative estimate of drug-likeness (QED) is 0.653. The van der Waals surface area contributed by atoms with Crippen LogP contribution in [-0.4, -0.2) is 29.2 Å². The fourth-order valence-corrected chi connectivity index (χ4v) is 3.87. The molecule has 0 saturated carbocycles. The van der Waals surface area contributed by atoms with Crippen molar-refractivity contribution in [1.82, 2.24) is 15.5 Å². The number of rotatable bonds is 7. The third-order valence-corrected chi connectivity index (χ3v) is 5.18. The lowest BCUT2D eigenvalue weighted by Gasteiger charge is -2.32. The fourth-order valence-electron chi connectivity index (χ4n) is 3.87. The van der Waals surface area contributed by atoms with Crippen LogP contribution < -0.4 is 11.1 Å². The Morgan fingerprint density at radius 3 is 2.35 bits per heavy atom. The van der Waals surface area contributed by atoms with E-state index in [0.29, 0.717) is 41.7 Å². The number of nitrogens with two attached hydrogens (primary N) is 1. The highest BCUT2D eigenvalue weighted by atomic mass is 16.5. The molecule has 0 aliphatic carbocycles. The number of ether oxygens (including phenoxy) is 1. The van der Waals surface area contributed by atoms with Crippen molar-refractivity contribution >= 4 is 17.4 Å². The van der Waals surface area contributed by atoms with Gasteiger partial charge in [0.15, 0.2) is 0 Å². The average molecular weight is 425 g/mol. The number of methoxy groups -OCH3 is 1. The first-order valence-electron chi connectivity index (χ1n) is 10.3. The van der Waals surface area contributed by atoms with E-state index >= 15 is 0 Å². The first kappa shape index (κ1) is 22.3. The van der Waals surface area contributed by atoms with E-state index in [1.165, 1.54) is 7.11 Å². The molecule has 164 valence electrons. The van der Waals surface area contributed by atoms with Crippen molar-refractivity contribution in [3.63, 3.8) is 0 Å². The summed E-state index contributed by atoms with van der Waals surface area (Å²) in [7, 11) is 1.33. The number of dihydropyridines is 1. The summed E-state index contributed by atoms with van der Waals surface area (Å²) >= 11 is 0. The summed E-state index contributed by atoms with van der Waals surface area (Å²) in [6.45, 7) is 7.90. The molecule has 3 N–H and O–H groups in total. The smallest absolute Gasteiger partial charge is 0.337 e. The van der Waals surface area contributed by atoms with Crippen molar-refractivity contribution < 1.29 is 18.7 Å². The van der Waals surface area contributed by atoms with Crippen molar-refractivity contribution in [2.75, 3.05) is 7.11 Å². The van der Waals surface area contributed by atoms with Crippen LogP contribution in [0.3, 0.4) is 0 Å². The number of benzene rings is 1. The third-order valence-electron chi connectivity index (χ3n) is 5.18. The molecule has 1 aliphatic heterocycles. The first-order valence-corrected chi connectivity index (χ1v) is 10.3. The molecule has 31 heavy (non-hydrogen) atoms. The number of hydrogen-bond acceptors (Lipinski definition) is 7. The van der Waals surface area contributed by atoms with Gasteiger partial charge >= 0.3 is 5.97 Å². The van der Waals surface area contributed by atoms with E-state index in [2.05, 4.69) is 29.4 Å². The molecular formula is C23H28N4O4. The van der Waals surface area contributed by atoms with Crippen LogP contribution in [0.2, 0.25) is 0 Å². The van der Waals surface area contributed by atoms with Crippen molar-refractivity contribution in [3.8, 4) is 0 Å². The summed E-state index contributed by atoms with van der Waals surface area (Å²) in [4.78, 5) is 24.6. The molecule has 0 saturated heterocycles. The minimum Gasteiger partial charge on any atom is -0.465 e. The Hall–Kier alpha value is -3.42. The van der Waals surface area contributed by atoms with Gasteiger partial charge in [0.05, 0.1) is 12.7 Å². The van der Waals surface area contributed by atoms with Crippen LogP contribution in [0.4, 0.5) is 0 Å². The Morgan fingerprint density at radius 1 is 1.19 bits per heavy atom. The summed E-state index contributed by atoms with van der Waals surface area (Å²) in [5, 5.41) is 11.6. The molecule has 1 amide bonds. The number of esters is 1. The topological polar surface area (TPSA) is 120 Å². The Balaban J connectivity index is 2.24. The lowest BCUT2D eigenvalue weighted by atomic mass is 9.78. The lowest BCUT2D eigenvalue weighted by Crippen LogP contribution is -2.33. The molecule has 0 fully saturated rings. The molecular weight excluding hydrogens is 396 g/mol. The molecule has 0 spiro atoms. The van der Waals surface area contributed by atoms with Gasteiger partial charge in [0.2, 0.25) is 17.7 Å². The predicted octanol–water partition coefficient (Wildman–Crippen LogP) is 3.46. The molecule has 2 aromatic rings. The highest BCUT2D eigenvalue weighted by molar-refractivity contribution is 5.99. The molecule has 0 bridgehead atoms. The summed E-state index contributed by atoms with van der Waals surface area (Å²) < 4.78 is 10.6. The van der Waals surface area contributed by atoms with E-state index in [4.69, 9.17) is 14.9 Å². The Morgan fingerprint density at radius 2 is 1.87 bits per heavy atom. The van der Waals surface area contributed by atoms with Crippen LogP contribution in [-0.2, 0) is 9.53 Å². The first-order chi connectivity index (χ1) is 14.8. The van der Waals surface area contributed by atoms with Gasteiger partial charge in [-0.25, -0.2) is 4.79 Å². The van der Waals surface area contributed by atoms with Crippen LogP contribution in [0.5, 0.6) is 0 Å². The second-order valence-electron chi connectivity index (χ2n) is 7.90. The van der Waals surface area contributed by atoms with Gasteiger partial charge in [-0.15, -0.1) is 10.2 Å². The van der Waals surface area contributed by atoms with E-state index < -0.39 is 17.8 Å². The van der Waals surface area contributed by atoms with Gasteiger partial charge < -0.3 is 20.2 Å². The molecule has 3 rings (SSSR count). The van der Waals surface area contributed by atoms with Crippen LogP contribution in [0.25, 0.3) is 5.57 Å². The molecule has 1 atom stereocenters. The maximum absolute atomic E-state index is 12.7. The fraction of sp³-hybridized carbons (Fsp3) is 0.391. The Kier molecular flexibility index (Phi) is 6.58. The number of primary amides is 1. The van der Waals surface area contributed by atoms with Crippen LogP contribution in [0, 0.1) is 12.8 Å². The van der Waals surface area contributed by atoms with Crippen molar-refractivity contribution in [1.29, 1.82) is 0 Å². The monoisotopic (exact) mass is 424 g/mol. The summed E-state index contributed by atoms with van der Waals surface area (Å²) in [6, 6.07) is 6.95. The zero-order valence-corrected chi connectivity index (χ0v) is 18.5. The molecule has 0 radical (unpaired) electrons. The van der Waals surface area contributed by atoms with Gasteiger partial charge in [-0.05, 0) is 36.5 Å². The van der Waals surface area contributed by atoms with Crippen molar-refractivity contribution in [2.45, 2.75) is 46.5 Å². The number of carbonyl (C=O) groups is 2. The highest BCUT2D eigenvalue weighted by Crippen LogP contribution is 2.44. The van der Waals surface area contributed by atoms with E-state index in [1.807, 2.05) is 6.92 Å². The van der Waals surface area contributed by atoms with E-state index in [1.54, 1.807) is 31.2 Å². The second-order valence-corrected chi connectivity index (χ2v) is 7.90. The molecule has 1 aromatic heterocycles. The molecule has 1 aliphatic rings. The van der Waals surface area contributed by atoms with E-state index in [-0.39, 0.29) is 0 Å². The SMILES string of the molecule is CCC1=C(c2nnc(C)o2)C(c2ccc(C(=O)OC)cc2)C(C(N)=O)=C(CC(C)C)N1. The number of amides is 1. The van der Waals surface area contributed by atoms with Crippen LogP contribution >= 0.6 is 0 Å². The number of allylic oxidation sites excluding steroid dienone is 3. The van der Waals surface area contributed by atoms with Gasteiger partial charge in [0.1, 0.15) is 0 Å². The number of nitrogens with zero attached hydrogens (tertiary/aromatic N) is 2. The summed E-state index contributed by atoms with van der Waals surface area (Å²) in [5.74, 6) is -0.380. The predicted molar refractivity (Wildman–Crippen MR) is 116 cm³/mol. The van der Waals surface area contributed by atoms with Gasteiger partial charge in [0.25, 0.3) is 0 Å². The zero-order valence-electron chi connectivity index (χ0n) is 18.5. The van der Waals surface area contributed by atoms with Crippen molar-refractivity contribution in [2.24, 2.45) is 11.7 Å². The largest absolute Gasteiger partial charge is 0.465 e. The Labute approximate surface area is 181 Å². The minimum absolute atomic E-state index is 0.310. The van der Waals surface area contributed by atoms with Crippen LogP contribution in [0.1, 0.15) is 67.2 Å². The van der Waals surface area contributed by atoms with Crippen LogP contribution in [0.15, 0.2) is 45.6 Å². The molecule has 1 unspecified atom stereocenters. The van der Waals surface area contributed by atoms with Gasteiger partial charge in [-0.1, -0.05) is 32.9 Å². The summed E-state index contributed by atoms with van der Waals surface area (Å²) in [6.07, 6.45) is 1.33. The van der Waals surface area contributed by atoms with Crippen molar-refractivity contribution in [3.05, 3.63) is 64.1 Å². The molecule has 8 heteroatoms. The summed E-state index contributed by atoms with van der Waals surface area (Å²) in [5.41, 5.74) is 9.97. The lowest BCUT2D eigenvalue weighted by molar-refractivity contribution is -0.114. The second kappa shape index (κ2) is 9.16. The average Bonchev–Trinajstić information content (AvgIpc) is 3.17. The maximum atomic E-state index is 12.7. The number of aryl methyl sites for hydroxylation is 1. The Bertz CT molecular complexity index is 1050. The molecule has 1 aromatic carbocycles. The standard InChI is InChI=1S/C23H28N4O4/c1-6-16-20(22-27-26-13(4)31-22)18(14-7-9-15(10-8-14)23(29)30-5)19(21(24)28)17(25-16)11-12(2)3/h7-10,12,18,25H,6,11H2,1-5H3,(H2,24,28). The number of carbonyl (C=O) groups excluding carboxylic acids is 2. The zero-order chi connectivity index (χ0) is 22.7. The van der Waals surface area contributed by atoms with Gasteiger partial charge in [0, 0.05) is 35.4 Å². The van der Waals surface area contributed by atoms with Gasteiger partial charge in [-0.2, -0.15) is 0 Å². The number of nitrogens with one attached hydrogen (secondary N) is 1. The number of hydrogen-bond donors (Lipinski definition) is 2. The van der Waals surface area contributed by atoms with Gasteiger partial charge in [-0.3, -0.25) is 4.79 Å². The maximum Gasteiger partial charge on any atom is 0.337 e. The molecule has 2 heterocycles. The molecule has 8 nitrogen and oxygen atoms in total.